The van der Waals surface area contributed by atoms with E-state index in [4.69, 9.17) is 4.42 Å². The van der Waals surface area contributed by atoms with Crippen molar-refractivity contribution in [2.75, 3.05) is 20.6 Å². The first-order valence-electron chi connectivity index (χ1n) is 9.34. The molecule has 3 aromatic rings. The Bertz CT molecular complexity index is 1230. The van der Waals surface area contributed by atoms with Crippen molar-refractivity contribution < 1.29 is 12.8 Å². The summed E-state index contributed by atoms with van der Waals surface area (Å²) in [5.74, 6) is 0.313. The number of fused-ring (bicyclic) bond motifs is 1. The van der Waals surface area contributed by atoms with Crippen LogP contribution in [0.2, 0.25) is 0 Å². The van der Waals surface area contributed by atoms with Gasteiger partial charge in [0.2, 0.25) is 15.9 Å². The Balaban J connectivity index is 1.89. The number of aryl methyl sites for hydroxylation is 1. The summed E-state index contributed by atoms with van der Waals surface area (Å²) in [4.78, 5) is 15.2. The van der Waals surface area contributed by atoms with Gasteiger partial charge in [-0.05, 0) is 52.1 Å². The van der Waals surface area contributed by atoms with Crippen LogP contribution in [0.25, 0.3) is 17.0 Å². The molecule has 0 saturated heterocycles. The van der Waals surface area contributed by atoms with Crippen LogP contribution in [-0.2, 0) is 16.6 Å². The van der Waals surface area contributed by atoms with Crippen LogP contribution in [0.4, 0.5) is 0 Å². The van der Waals surface area contributed by atoms with Gasteiger partial charge in [-0.25, -0.2) is 22.5 Å². The molecule has 10 nitrogen and oxygen atoms in total. The van der Waals surface area contributed by atoms with Gasteiger partial charge in [0.15, 0.2) is 0 Å². The smallest absolute Gasteiger partial charge is 0.337 e. The lowest BCUT2D eigenvalue weighted by Gasteiger charge is -2.12. The number of likely N-dealkylation sites (N-methyl/N-ethyl adjacent to an activating group) is 1. The van der Waals surface area contributed by atoms with Gasteiger partial charge in [-0.2, -0.15) is 0 Å². The fourth-order valence-corrected chi connectivity index (χ4v) is 4.64. The summed E-state index contributed by atoms with van der Waals surface area (Å²) in [7, 11) is 0.115. The minimum atomic E-state index is -3.72. The van der Waals surface area contributed by atoms with Gasteiger partial charge in [0.25, 0.3) is 0 Å². The molecule has 0 aliphatic heterocycles. The van der Waals surface area contributed by atoms with Crippen molar-refractivity contribution in [2.45, 2.75) is 43.7 Å². The van der Waals surface area contributed by atoms with Crippen LogP contribution >= 0.6 is 0 Å². The van der Waals surface area contributed by atoms with Crippen molar-refractivity contribution in [3.63, 3.8) is 0 Å². The fraction of sp³-hybridized carbons (Fsp3) is 0.500. The van der Waals surface area contributed by atoms with E-state index in [-0.39, 0.29) is 16.6 Å². The monoisotopic (exact) mass is 420 g/mol. The van der Waals surface area contributed by atoms with Crippen molar-refractivity contribution in [3.8, 4) is 6.01 Å². The third kappa shape index (κ3) is 3.72. The van der Waals surface area contributed by atoms with E-state index in [1.165, 1.54) is 16.7 Å². The van der Waals surface area contributed by atoms with Crippen LogP contribution in [-0.4, -0.2) is 58.8 Å². The molecule has 29 heavy (non-hydrogen) atoms. The van der Waals surface area contributed by atoms with Gasteiger partial charge in [0, 0.05) is 25.6 Å². The van der Waals surface area contributed by atoms with Crippen LogP contribution in [0.3, 0.4) is 0 Å². The van der Waals surface area contributed by atoms with Gasteiger partial charge in [0.05, 0.1) is 15.9 Å². The van der Waals surface area contributed by atoms with Crippen molar-refractivity contribution in [1.82, 2.24) is 29.0 Å². The minimum absolute atomic E-state index is 0.0118. The Morgan fingerprint density at radius 1 is 1.24 bits per heavy atom. The zero-order valence-electron chi connectivity index (χ0n) is 16.8. The molecule has 0 radical (unpaired) electrons. The summed E-state index contributed by atoms with van der Waals surface area (Å²) in [5.41, 5.74) is 0.252. The maximum atomic E-state index is 13.1. The average molecular weight is 420 g/mol. The van der Waals surface area contributed by atoms with Gasteiger partial charge < -0.3 is 9.32 Å². The number of sulfonamides is 1. The molecule has 0 bridgehead atoms. The van der Waals surface area contributed by atoms with Crippen LogP contribution in [0.1, 0.15) is 25.7 Å². The minimum Gasteiger partial charge on any atom is -0.408 e. The first kappa shape index (κ1) is 19.8. The molecule has 2 heterocycles. The lowest BCUT2D eigenvalue weighted by Crippen LogP contribution is -2.34. The quantitative estimate of drug-likeness (QED) is 0.603. The van der Waals surface area contributed by atoms with E-state index in [9.17, 15) is 13.2 Å². The Hall–Kier alpha value is -2.50. The summed E-state index contributed by atoms with van der Waals surface area (Å²) in [6.45, 7) is 4.58. The van der Waals surface area contributed by atoms with Crippen LogP contribution in [0.15, 0.2) is 32.3 Å². The summed E-state index contributed by atoms with van der Waals surface area (Å²) in [6, 6.07) is 4.66. The summed E-state index contributed by atoms with van der Waals surface area (Å²) in [5, 5.41) is 7.75. The summed E-state index contributed by atoms with van der Waals surface area (Å²) >= 11 is 0. The molecule has 0 unspecified atom stereocenters. The third-order valence-corrected chi connectivity index (χ3v) is 6.71. The predicted molar refractivity (Wildman–Crippen MR) is 107 cm³/mol. The largest absolute Gasteiger partial charge is 0.408 e. The second-order valence-corrected chi connectivity index (χ2v) is 9.68. The van der Waals surface area contributed by atoms with Crippen LogP contribution in [0, 0.1) is 6.92 Å². The van der Waals surface area contributed by atoms with Crippen molar-refractivity contribution >= 4 is 21.1 Å². The highest BCUT2D eigenvalue weighted by molar-refractivity contribution is 7.89. The van der Waals surface area contributed by atoms with Gasteiger partial charge in [-0.15, -0.1) is 5.10 Å². The van der Waals surface area contributed by atoms with E-state index in [0.717, 1.165) is 12.8 Å². The summed E-state index contributed by atoms with van der Waals surface area (Å²) in [6.07, 6.45) is 1.61. The molecule has 1 N–H and O–H groups in total. The lowest BCUT2D eigenvalue weighted by atomic mass is 10.3. The molecule has 1 saturated carbocycles. The number of hydrogen-bond donors (Lipinski definition) is 1. The van der Waals surface area contributed by atoms with Gasteiger partial charge in [-0.3, -0.25) is 4.57 Å². The summed E-state index contributed by atoms with van der Waals surface area (Å²) < 4.78 is 36.7. The van der Waals surface area contributed by atoms with Crippen LogP contribution < -0.4 is 10.4 Å². The Kier molecular flexibility index (Phi) is 4.63. The van der Waals surface area contributed by atoms with Gasteiger partial charge in [-0.1, -0.05) is 5.10 Å². The highest BCUT2D eigenvalue weighted by atomic mass is 32.2. The fourth-order valence-electron chi connectivity index (χ4n) is 3.15. The number of imidazole rings is 1. The standard InChI is InChI=1S/C18H24N6O4S/c1-12-19-20-16(28-12)24-15-11-13(29(26,27)21-18(2)7-8-18)5-6-14(15)23(17(24)25)10-9-22(3)4/h5-6,11,21H,7-10H2,1-4H3. The average Bonchev–Trinajstić information content (AvgIpc) is 3.07. The van der Waals surface area contributed by atoms with E-state index in [1.54, 1.807) is 17.6 Å². The van der Waals surface area contributed by atoms with Crippen molar-refractivity contribution in [2.24, 2.45) is 0 Å². The van der Waals surface area contributed by atoms with E-state index in [1.807, 2.05) is 25.9 Å². The zero-order chi connectivity index (χ0) is 21.0. The van der Waals surface area contributed by atoms with Crippen molar-refractivity contribution in [1.29, 1.82) is 0 Å². The molecule has 1 fully saturated rings. The molecular formula is C18H24N6O4S. The molecule has 0 atom stereocenters. The molecular weight excluding hydrogens is 396 g/mol. The molecule has 156 valence electrons. The Morgan fingerprint density at radius 2 is 1.97 bits per heavy atom. The first-order valence-corrected chi connectivity index (χ1v) is 10.8. The maximum Gasteiger partial charge on any atom is 0.337 e. The number of nitrogens with zero attached hydrogens (tertiary/aromatic N) is 5. The van der Waals surface area contributed by atoms with E-state index in [0.29, 0.717) is 30.0 Å². The molecule has 11 heteroatoms. The van der Waals surface area contributed by atoms with E-state index in [2.05, 4.69) is 14.9 Å². The molecule has 1 aliphatic rings. The number of rotatable bonds is 7. The second-order valence-electron chi connectivity index (χ2n) is 7.99. The highest BCUT2D eigenvalue weighted by Crippen LogP contribution is 2.36. The first-order chi connectivity index (χ1) is 13.6. The normalized spacial score (nSPS) is 16.0. The Labute approximate surface area is 168 Å². The third-order valence-electron chi connectivity index (χ3n) is 5.07. The number of hydrogen-bond acceptors (Lipinski definition) is 7. The topological polar surface area (TPSA) is 115 Å². The zero-order valence-corrected chi connectivity index (χ0v) is 17.7. The predicted octanol–water partition coefficient (Wildman–Crippen LogP) is 0.876. The number of benzene rings is 1. The molecule has 0 amide bonds. The molecule has 4 rings (SSSR count). The highest BCUT2D eigenvalue weighted by Gasteiger charge is 2.41. The molecule has 1 aliphatic carbocycles. The maximum absolute atomic E-state index is 13.1. The number of aromatic nitrogens is 4. The van der Waals surface area contributed by atoms with Gasteiger partial charge >= 0.3 is 11.7 Å². The SMILES string of the molecule is Cc1nnc(-n2c(=O)n(CCN(C)C)c3ccc(S(=O)(=O)NC4(C)CC4)cc32)o1. The molecule has 2 aromatic heterocycles. The van der Waals surface area contributed by atoms with Gasteiger partial charge in [0.1, 0.15) is 0 Å². The van der Waals surface area contributed by atoms with Crippen molar-refractivity contribution in [3.05, 3.63) is 34.6 Å². The second kappa shape index (κ2) is 6.78. The number of nitrogens with one attached hydrogen (secondary N) is 1. The molecule has 1 aromatic carbocycles. The Morgan fingerprint density at radius 3 is 2.55 bits per heavy atom. The molecule has 0 spiro atoms. The lowest BCUT2D eigenvalue weighted by molar-refractivity contribution is 0.382. The van der Waals surface area contributed by atoms with Crippen LogP contribution in [0.5, 0.6) is 0 Å². The van der Waals surface area contributed by atoms with E-state index >= 15 is 0 Å². The van der Waals surface area contributed by atoms with E-state index < -0.39 is 15.6 Å².